The average molecular weight is 483 g/mol. The van der Waals surface area contributed by atoms with E-state index >= 15 is 4.39 Å². The lowest BCUT2D eigenvalue weighted by molar-refractivity contribution is 0.124. The van der Waals surface area contributed by atoms with Gasteiger partial charge in [-0.15, -0.1) is 0 Å². The number of pyridine rings is 1. The highest BCUT2D eigenvalue weighted by molar-refractivity contribution is 5.99. The van der Waals surface area contributed by atoms with Crippen molar-refractivity contribution in [2.45, 2.75) is 6.42 Å². The lowest BCUT2D eigenvalue weighted by Gasteiger charge is -2.17. The first kappa shape index (κ1) is 21.2. The molecule has 1 aliphatic carbocycles. The number of halogens is 1. The lowest BCUT2D eigenvalue weighted by Crippen LogP contribution is -2.17. The molecule has 2 fully saturated rings. The van der Waals surface area contributed by atoms with Crippen molar-refractivity contribution in [1.29, 1.82) is 0 Å². The number of aromatic nitrogens is 5. The minimum atomic E-state index is -0.385. The number of hydrogen-bond donors (Lipinski definition) is 1. The Morgan fingerprint density at radius 3 is 2.92 bits per heavy atom. The molecule has 0 bridgehead atoms. The molecule has 2 unspecified atom stereocenters. The highest BCUT2D eigenvalue weighted by Crippen LogP contribution is 2.57. The molecule has 8 nitrogen and oxygen atoms in total. The van der Waals surface area contributed by atoms with E-state index in [0.717, 1.165) is 30.8 Å². The first-order valence-corrected chi connectivity index (χ1v) is 11.9. The van der Waals surface area contributed by atoms with Crippen LogP contribution < -0.4 is 10.1 Å². The first-order valence-electron chi connectivity index (χ1n) is 11.9. The summed E-state index contributed by atoms with van der Waals surface area (Å²) in [6.45, 7) is 2.06. The zero-order valence-electron chi connectivity index (χ0n) is 19.6. The molecule has 36 heavy (non-hydrogen) atoms. The molecule has 3 aromatic heterocycles. The quantitative estimate of drug-likeness (QED) is 0.369. The second kappa shape index (κ2) is 7.96. The van der Waals surface area contributed by atoms with Crippen molar-refractivity contribution in [2.75, 3.05) is 25.1 Å². The Bertz CT molecular complexity index is 1640. The number of benzene rings is 2. The summed E-state index contributed by atoms with van der Waals surface area (Å²) in [5.74, 6) is 1.29. The van der Waals surface area contributed by atoms with Crippen molar-refractivity contribution in [3.05, 3.63) is 67.1 Å². The molecule has 1 saturated heterocycles. The molecule has 2 aliphatic rings. The van der Waals surface area contributed by atoms with Crippen LogP contribution in [0.1, 0.15) is 6.42 Å². The van der Waals surface area contributed by atoms with Crippen LogP contribution in [0, 0.1) is 17.2 Å². The SMILES string of the molecule is Cn1cc(-c2cc(OCC34COCC3C4)c3c(Nc4ccc5ncccc5c4F)ncnc3c2)cn1. The molecular weight excluding hydrogens is 459 g/mol. The van der Waals surface area contributed by atoms with Gasteiger partial charge in [-0.2, -0.15) is 5.10 Å². The van der Waals surface area contributed by atoms with E-state index < -0.39 is 0 Å². The lowest BCUT2D eigenvalue weighted by atomic mass is 10.1. The molecule has 0 spiro atoms. The van der Waals surface area contributed by atoms with Gasteiger partial charge in [0.25, 0.3) is 0 Å². The van der Waals surface area contributed by atoms with E-state index in [1.807, 2.05) is 31.6 Å². The minimum absolute atomic E-state index is 0.0807. The van der Waals surface area contributed by atoms with Crippen molar-refractivity contribution in [1.82, 2.24) is 24.7 Å². The van der Waals surface area contributed by atoms with Crippen LogP contribution in [0.15, 0.2) is 61.3 Å². The monoisotopic (exact) mass is 482 g/mol. The summed E-state index contributed by atoms with van der Waals surface area (Å²) in [5.41, 5.74) is 3.57. The summed E-state index contributed by atoms with van der Waals surface area (Å²) in [6.07, 6.45) is 8.00. The predicted octanol–water partition coefficient (Wildman–Crippen LogP) is 4.88. The predicted molar refractivity (Wildman–Crippen MR) is 134 cm³/mol. The molecule has 5 aromatic rings. The second-order valence-corrected chi connectivity index (χ2v) is 9.68. The summed E-state index contributed by atoms with van der Waals surface area (Å²) >= 11 is 0. The van der Waals surface area contributed by atoms with Gasteiger partial charge in [0.1, 0.15) is 17.9 Å². The summed E-state index contributed by atoms with van der Waals surface area (Å²) in [4.78, 5) is 13.2. The van der Waals surface area contributed by atoms with Gasteiger partial charge < -0.3 is 14.8 Å². The van der Waals surface area contributed by atoms with Crippen LogP contribution in [0.4, 0.5) is 15.9 Å². The van der Waals surface area contributed by atoms with E-state index in [1.54, 1.807) is 35.1 Å². The summed E-state index contributed by atoms with van der Waals surface area (Å²) in [6, 6.07) is 10.9. The van der Waals surface area contributed by atoms with Gasteiger partial charge in [0.2, 0.25) is 0 Å². The largest absolute Gasteiger partial charge is 0.492 e. The molecular formula is C27H23FN6O2. The van der Waals surface area contributed by atoms with Gasteiger partial charge in [-0.25, -0.2) is 14.4 Å². The van der Waals surface area contributed by atoms with Crippen molar-refractivity contribution in [3.63, 3.8) is 0 Å². The van der Waals surface area contributed by atoms with Crippen LogP contribution in [0.25, 0.3) is 32.9 Å². The van der Waals surface area contributed by atoms with Crippen LogP contribution in [-0.2, 0) is 11.8 Å². The molecule has 4 heterocycles. The Labute approximate surface area is 206 Å². The van der Waals surface area contributed by atoms with Crippen LogP contribution in [-0.4, -0.2) is 44.6 Å². The first-order chi connectivity index (χ1) is 17.6. The van der Waals surface area contributed by atoms with Crippen LogP contribution in [0.5, 0.6) is 5.75 Å². The van der Waals surface area contributed by atoms with Gasteiger partial charge in [0, 0.05) is 35.8 Å². The van der Waals surface area contributed by atoms with Crippen LogP contribution in [0.3, 0.4) is 0 Å². The summed E-state index contributed by atoms with van der Waals surface area (Å²) < 4.78 is 29.2. The van der Waals surface area contributed by atoms with Gasteiger partial charge in [-0.3, -0.25) is 9.67 Å². The maximum atomic E-state index is 15.4. The Hall–Kier alpha value is -4.11. The highest BCUT2D eigenvalue weighted by Gasteiger charge is 2.59. The molecule has 2 atom stereocenters. The fourth-order valence-electron chi connectivity index (χ4n) is 5.13. The molecule has 2 aromatic carbocycles. The molecule has 0 radical (unpaired) electrons. The molecule has 9 heteroatoms. The number of fused-ring (bicyclic) bond motifs is 3. The van der Waals surface area contributed by atoms with Gasteiger partial charge in [-0.05, 0) is 54.3 Å². The number of rotatable bonds is 6. The topological polar surface area (TPSA) is 87.0 Å². The maximum absolute atomic E-state index is 15.4. The Morgan fingerprint density at radius 1 is 1.17 bits per heavy atom. The summed E-state index contributed by atoms with van der Waals surface area (Å²) in [5, 5.41) is 8.63. The van der Waals surface area contributed by atoms with E-state index in [-0.39, 0.29) is 11.2 Å². The third-order valence-electron chi connectivity index (χ3n) is 7.29. The van der Waals surface area contributed by atoms with E-state index in [2.05, 4.69) is 25.4 Å². The third kappa shape index (κ3) is 3.46. The minimum Gasteiger partial charge on any atom is -0.492 e. The Morgan fingerprint density at radius 2 is 2.11 bits per heavy atom. The van der Waals surface area contributed by atoms with E-state index in [4.69, 9.17) is 9.47 Å². The fraction of sp³-hybridized carbons (Fsp3) is 0.259. The number of nitrogens with zero attached hydrogens (tertiary/aromatic N) is 5. The molecule has 1 N–H and O–H groups in total. The van der Waals surface area contributed by atoms with Crippen molar-refractivity contribution >= 4 is 33.3 Å². The highest BCUT2D eigenvalue weighted by atomic mass is 19.1. The van der Waals surface area contributed by atoms with Crippen molar-refractivity contribution in [2.24, 2.45) is 18.4 Å². The molecule has 7 rings (SSSR count). The second-order valence-electron chi connectivity index (χ2n) is 9.68. The summed E-state index contributed by atoms with van der Waals surface area (Å²) in [7, 11) is 1.88. The van der Waals surface area contributed by atoms with E-state index in [1.165, 1.54) is 6.33 Å². The van der Waals surface area contributed by atoms with Crippen molar-refractivity contribution in [3.8, 4) is 16.9 Å². The smallest absolute Gasteiger partial charge is 0.156 e. The average Bonchev–Trinajstić information content (AvgIpc) is 3.19. The van der Waals surface area contributed by atoms with E-state index in [9.17, 15) is 0 Å². The zero-order chi connectivity index (χ0) is 24.3. The van der Waals surface area contributed by atoms with Gasteiger partial charge in [0.15, 0.2) is 5.82 Å². The van der Waals surface area contributed by atoms with Crippen molar-refractivity contribution < 1.29 is 13.9 Å². The molecule has 1 aliphatic heterocycles. The number of nitrogens with one attached hydrogen (secondary N) is 1. The standard InChI is InChI=1S/C27H23FN6O2/c1-34-11-17(10-32-34)16-7-22-24(23(8-16)36-14-27-9-18(27)12-35-13-27)26(31-15-30-22)33-21-5-4-20-19(25(21)28)3-2-6-29-20/h2-8,10-11,15,18H,9,12-14H2,1H3,(H,30,31,33). The fourth-order valence-corrected chi connectivity index (χ4v) is 5.13. The Balaban J connectivity index is 1.33. The van der Waals surface area contributed by atoms with Crippen LogP contribution in [0.2, 0.25) is 0 Å². The number of hydrogen-bond acceptors (Lipinski definition) is 7. The molecule has 1 saturated carbocycles. The maximum Gasteiger partial charge on any atom is 0.156 e. The number of ether oxygens (including phenoxy) is 2. The van der Waals surface area contributed by atoms with Gasteiger partial charge in [-0.1, -0.05) is 0 Å². The molecule has 180 valence electrons. The van der Waals surface area contributed by atoms with Gasteiger partial charge >= 0.3 is 0 Å². The molecule has 0 amide bonds. The van der Waals surface area contributed by atoms with Crippen LogP contribution >= 0.6 is 0 Å². The Kier molecular flexibility index (Phi) is 4.69. The van der Waals surface area contributed by atoms with E-state index in [0.29, 0.717) is 51.6 Å². The van der Waals surface area contributed by atoms with Gasteiger partial charge in [0.05, 0.1) is 48.1 Å². The third-order valence-corrected chi connectivity index (χ3v) is 7.29. The number of aryl methyl sites for hydroxylation is 1. The normalized spacial score (nSPS) is 20.6. The zero-order valence-corrected chi connectivity index (χ0v) is 19.6. The number of anilines is 2.